The average molecular weight is 703 g/mol. The third kappa shape index (κ3) is 12.8. The van der Waals surface area contributed by atoms with Crippen molar-refractivity contribution in [1.29, 1.82) is 0 Å². The molecule has 0 aromatic heterocycles. The van der Waals surface area contributed by atoms with Gasteiger partial charge in [0.1, 0.15) is 0 Å². The van der Waals surface area contributed by atoms with E-state index in [1.807, 2.05) is 48.5 Å². The van der Waals surface area contributed by atoms with Crippen molar-refractivity contribution in [3.05, 3.63) is 119 Å². The first-order valence-corrected chi connectivity index (χ1v) is 18.3. The number of hydrogen-bond donors (Lipinski definition) is 4. The highest BCUT2D eigenvalue weighted by Crippen LogP contribution is 2.24. The van der Waals surface area contributed by atoms with Crippen molar-refractivity contribution in [2.45, 2.75) is 104 Å². The SMILES string of the molecule is CC(C)(C)c1ccc(C(=O)Nc2ccc(NC(=O)CCCCCCCCC(=O)Nc3ccc(NC(=O)c4ccc(C(C)(C)C)cc4)cc3)cc2)cc1. The van der Waals surface area contributed by atoms with Crippen molar-refractivity contribution < 1.29 is 19.2 Å². The molecule has 52 heavy (non-hydrogen) atoms. The third-order valence-electron chi connectivity index (χ3n) is 8.94. The van der Waals surface area contributed by atoms with Crippen molar-refractivity contribution in [1.82, 2.24) is 0 Å². The molecule has 0 aliphatic carbocycles. The first kappa shape index (κ1) is 39.5. The molecule has 0 heterocycles. The largest absolute Gasteiger partial charge is 0.326 e. The summed E-state index contributed by atoms with van der Waals surface area (Å²) in [5, 5.41) is 11.7. The van der Waals surface area contributed by atoms with Crippen LogP contribution in [0.25, 0.3) is 0 Å². The van der Waals surface area contributed by atoms with Crippen LogP contribution in [0.5, 0.6) is 0 Å². The summed E-state index contributed by atoms with van der Waals surface area (Å²) in [7, 11) is 0. The van der Waals surface area contributed by atoms with Crippen LogP contribution in [0.3, 0.4) is 0 Å². The van der Waals surface area contributed by atoms with Crippen molar-refractivity contribution in [2.24, 2.45) is 0 Å². The Morgan fingerprint density at radius 3 is 0.942 bits per heavy atom. The molecule has 0 atom stereocenters. The van der Waals surface area contributed by atoms with Crippen LogP contribution in [-0.4, -0.2) is 23.6 Å². The Morgan fingerprint density at radius 1 is 0.385 bits per heavy atom. The van der Waals surface area contributed by atoms with E-state index in [-0.39, 0.29) is 34.5 Å². The summed E-state index contributed by atoms with van der Waals surface area (Å²) in [6.07, 6.45) is 6.41. The fraction of sp³-hybridized carbons (Fsp3) is 0.364. The molecule has 4 amide bonds. The normalized spacial score (nSPS) is 11.4. The van der Waals surface area contributed by atoms with E-state index >= 15 is 0 Å². The zero-order valence-electron chi connectivity index (χ0n) is 31.5. The van der Waals surface area contributed by atoms with Gasteiger partial charge in [-0.1, -0.05) is 91.5 Å². The van der Waals surface area contributed by atoms with E-state index in [1.165, 1.54) is 11.1 Å². The maximum absolute atomic E-state index is 12.6. The molecular weight excluding hydrogens is 649 g/mol. The zero-order valence-corrected chi connectivity index (χ0v) is 31.5. The fourth-order valence-corrected chi connectivity index (χ4v) is 5.65. The van der Waals surface area contributed by atoms with Gasteiger partial charge in [-0.15, -0.1) is 0 Å². The molecule has 274 valence electrons. The molecule has 0 aliphatic heterocycles. The lowest BCUT2D eigenvalue weighted by atomic mass is 9.86. The number of carbonyl (C=O) groups is 4. The molecule has 4 aromatic carbocycles. The molecule has 0 fully saturated rings. The van der Waals surface area contributed by atoms with Gasteiger partial charge < -0.3 is 21.3 Å². The molecule has 0 radical (unpaired) electrons. The number of nitrogens with one attached hydrogen (secondary N) is 4. The highest BCUT2D eigenvalue weighted by molar-refractivity contribution is 6.05. The van der Waals surface area contributed by atoms with E-state index in [0.29, 0.717) is 46.7 Å². The molecule has 8 heteroatoms. The summed E-state index contributed by atoms with van der Waals surface area (Å²) in [5.74, 6) is -0.419. The second kappa shape index (κ2) is 18.3. The number of unbranched alkanes of at least 4 members (excludes halogenated alkanes) is 5. The lowest BCUT2D eigenvalue weighted by Crippen LogP contribution is -2.14. The Bertz CT molecular complexity index is 1650. The number of hydrogen-bond acceptors (Lipinski definition) is 4. The van der Waals surface area contributed by atoms with Crippen molar-refractivity contribution in [2.75, 3.05) is 21.3 Å². The fourth-order valence-electron chi connectivity index (χ4n) is 5.65. The van der Waals surface area contributed by atoms with Gasteiger partial charge in [-0.25, -0.2) is 0 Å². The molecule has 0 unspecified atom stereocenters. The summed E-state index contributed by atoms with van der Waals surface area (Å²) in [6, 6.07) is 29.6. The summed E-state index contributed by atoms with van der Waals surface area (Å²) in [4.78, 5) is 50.2. The van der Waals surface area contributed by atoms with E-state index in [4.69, 9.17) is 0 Å². The van der Waals surface area contributed by atoms with Gasteiger partial charge in [0.25, 0.3) is 11.8 Å². The van der Waals surface area contributed by atoms with Gasteiger partial charge in [0.15, 0.2) is 0 Å². The minimum Gasteiger partial charge on any atom is -0.326 e. The second-order valence-corrected chi connectivity index (χ2v) is 15.4. The smallest absolute Gasteiger partial charge is 0.255 e. The molecule has 4 aromatic rings. The highest BCUT2D eigenvalue weighted by Gasteiger charge is 2.16. The van der Waals surface area contributed by atoms with Gasteiger partial charge in [0.05, 0.1) is 0 Å². The quantitative estimate of drug-likeness (QED) is 0.0923. The van der Waals surface area contributed by atoms with E-state index < -0.39 is 0 Å². The van der Waals surface area contributed by atoms with Crippen molar-refractivity contribution in [3.63, 3.8) is 0 Å². The molecule has 0 saturated carbocycles. The summed E-state index contributed by atoms with van der Waals surface area (Å²) < 4.78 is 0. The van der Waals surface area contributed by atoms with Gasteiger partial charge >= 0.3 is 0 Å². The Labute approximate surface area is 309 Å². The van der Waals surface area contributed by atoms with Crippen molar-refractivity contribution >= 4 is 46.4 Å². The zero-order chi connectivity index (χ0) is 37.7. The number of amides is 4. The maximum Gasteiger partial charge on any atom is 0.255 e. The number of anilines is 4. The first-order valence-electron chi connectivity index (χ1n) is 18.3. The van der Waals surface area contributed by atoms with E-state index in [0.717, 1.165) is 38.5 Å². The topological polar surface area (TPSA) is 116 Å². The van der Waals surface area contributed by atoms with Crippen LogP contribution in [0.4, 0.5) is 22.7 Å². The Balaban J connectivity index is 1.04. The van der Waals surface area contributed by atoms with E-state index in [9.17, 15) is 19.2 Å². The Morgan fingerprint density at radius 2 is 0.654 bits per heavy atom. The number of benzene rings is 4. The molecule has 0 spiro atoms. The van der Waals surface area contributed by atoms with Gasteiger partial charge in [-0.3, -0.25) is 19.2 Å². The van der Waals surface area contributed by atoms with Gasteiger partial charge in [0.2, 0.25) is 11.8 Å². The molecule has 8 nitrogen and oxygen atoms in total. The maximum atomic E-state index is 12.6. The van der Waals surface area contributed by atoms with E-state index in [1.54, 1.807) is 48.5 Å². The number of rotatable bonds is 15. The molecular formula is C44H54N4O4. The minimum atomic E-state index is -0.176. The third-order valence-corrected chi connectivity index (χ3v) is 8.94. The number of carbonyl (C=O) groups excluding carboxylic acids is 4. The monoisotopic (exact) mass is 702 g/mol. The molecule has 4 N–H and O–H groups in total. The molecule has 0 saturated heterocycles. The van der Waals surface area contributed by atoms with Crippen LogP contribution in [-0.2, 0) is 20.4 Å². The summed E-state index contributed by atoms with van der Waals surface area (Å²) in [5.41, 5.74) is 6.29. The van der Waals surface area contributed by atoms with Crippen molar-refractivity contribution in [3.8, 4) is 0 Å². The standard InChI is InChI=1S/C44H54N4O4/c1-43(2,3)33-19-15-31(16-20-33)41(51)47-37-27-23-35(24-28-37)45-39(49)13-11-9-7-8-10-12-14-40(50)46-36-25-29-38(30-26-36)48-42(52)32-17-21-34(22-18-32)44(4,5)6/h15-30H,7-14H2,1-6H3,(H,45,49)(H,46,50)(H,47,51)(H,48,52). The first-order chi connectivity index (χ1) is 24.7. The second-order valence-electron chi connectivity index (χ2n) is 15.4. The predicted octanol–water partition coefficient (Wildman–Crippen LogP) is 10.5. The summed E-state index contributed by atoms with van der Waals surface area (Å²) in [6.45, 7) is 12.8. The average Bonchev–Trinajstić information content (AvgIpc) is 3.10. The van der Waals surface area contributed by atoms with Crippen LogP contribution in [0.1, 0.15) is 125 Å². The summed E-state index contributed by atoms with van der Waals surface area (Å²) >= 11 is 0. The predicted molar refractivity (Wildman–Crippen MR) is 213 cm³/mol. The van der Waals surface area contributed by atoms with Gasteiger partial charge in [-0.2, -0.15) is 0 Å². The molecule has 4 rings (SSSR count). The molecule has 0 bridgehead atoms. The van der Waals surface area contributed by atoms with Crippen LogP contribution in [0.15, 0.2) is 97.1 Å². The van der Waals surface area contributed by atoms with Crippen LogP contribution >= 0.6 is 0 Å². The highest BCUT2D eigenvalue weighted by atomic mass is 16.2. The lowest BCUT2D eigenvalue weighted by molar-refractivity contribution is -0.117. The minimum absolute atomic E-state index is 0.0268. The molecule has 0 aliphatic rings. The Hall–Kier alpha value is -5.24. The van der Waals surface area contributed by atoms with Crippen LogP contribution in [0.2, 0.25) is 0 Å². The van der Waals surface area contributed by atoms with E-state index in [2.05, 4.69) is 62.8 Å². The van der Waals surface area contributed by atoms with Gasteiger partial charge in [0, 0.05) is 46.7 Å². The lowest BCUT2D eigenvalue weighted by Gasteiger charge is -2.19. The van der Waals surface area contributed by atoms with Gasteiger partial charge in [-0.05, 0) is 108 Å². The van der Waals surface area contributed by atoms with Crippen LogP contribution < -0.4 is 21.3 Å². The Kier molecular flexibility index (Phi) is 13.9. The van der Waals surface area contributed by atoms with Crippen LogP contribution in [0, 0.1) is 0 Å².